The van der Waals surface area contributed by atoms with E-state index >= 15 is 0 Å². The maximum Gasteiger partial charge on any atom is 0.343 e. The van der Waals surface area contributed by atoms with Gasteiger partial charge in [0.15, 0.2) is 0 Å². The molecule has 0 atom stereocenters. The van der Waals surface area contributed by atoms with Crippen molar-refractivity contribution in [1.29, 1.82) is 0 Å². The molecule has 0 saturated heterocycles. The summed E-state index contributed by atoms with van der Waals surface area (Å²) in [6.45, 7) is -0.262. The molecule has 0 unspecified atom stereocenters. The van der Waals surface area contributed by atoms with Crippen LogP contribution in [0.3, 0.4) is 0 Å². The van der Waals surface area contributed by atoms with Crippen LogP contribution in [0.15, 0.2) is 77.9 Å². The van der Waals surface area contributed by atoms with E-state index in [1.165, 1.54) is 12.3 Å². The SMILES string of the molecule is COc1ccc(C(=O)Oc2cccc(/C=N/NC(=O)CNC(=O)c3cccc(Cl)c3)c2)cc1. The first kappa shape index (κ1) is 23.5. The Morgan fingerprint density at radius 2 is 1.70 bits per heavy atom. The van der Waals surface area contributed by atoms with Gasteiger partial charge in [0, 0.05) is 10.6 Å². The second-order valence-corrected chi connectivity index (χ2v) is 7.11. The Kier molecular flexibility index (Phi) is 8.15. The van der Waals surface area contributed by atoms with E-state index in [0.717, 1.165) is 0 Å². The van der Waals surface area contributed by atoms with Crippen molar-refractivity contribution in [2.24, 2.45) is 5.10 Å². The second kappa shape index (κ2) is 11.4. The van der Waals surface area contributed by atoms with Crippen LogP contribution < -0.4 is 20.2 Å². The number of hydrogen-bond donors (Lipinski definition) is 2. The van der Waals surface area contributed by atoms with Crippen molar-refractivity contribution in [2.75, 3.05) is 13.7 Å². The predicted octanol–water partition coefficient (Wildman–Crippen LogP) is 3.45. The van der Waals surface area contributed by atoms with Crippen molar-refractivity contribution in [3.63, 3.8) is 0 Å². The van der Waals surface area contributed by atoms with Crippen LogP contribution in [0.4, 0.5) is 0 Å². The highest BCUT2D eigenvalue weighted by molar-refractivity contribution is 6.31. The minimum Gasteiger partial charge on any atom is -0.497 e. The van der Waals surface area contributed by atoms with Crippen LogP contribution in [-0.2, 0) is 4.79 Å². The largest absolute Gasteiger partial charge is 0.497 e. The fourth-order valence-electron chi connectivity index (χ4n) is 2.66. The molecule has 2 amide bonds. The lowest BCUT2D eigenvalue weighted by Gasteiger charge is -2.06. The summed E-state index contributed by atoms with van der Waals surface area (Å²) in [6, 6.07) is 19.6. The van der Waals surface area contributed by atoms with Crippen molar-refractivity contribution in [1.82, 2.24) is 10.7 Å². The van der Waals surface area contributed by atoms with E-state index in [1.807, 2.05) is 0 Å². The molecule has 0 radical (unpaired) electrons. The summed E-state index contributed by atoms with van der Waals surface area (Å²) in [5.41, 5.74) is 3.64. The third kappa shape index (κ3) is 7.19. The quantitative estimate of drug-likeness (QED) is 0.229. The van der Waals surface area contributed by atoms with Crippen molar-refractivity contribution >= 4 is 35.6 Å². The van der Waals surface area contributed by atoms with Crippen molar-refractivity contribution in [3.05, 3.63) is 94.5 Å². The maximum atomic E-state index is 12.3. The third-order valence-electron chi connectivity index (χ3n) is 4.29. The van der Waals surface area contributed by atoms with Crippen LogP contribution in [0.1, 0.15) is 26.3 Å². The molecule has 0 spiro atoms. The molecule has 0 fully saturated rings. The highest BCUT2D eigenvalue weighted by Gasteiger charge is 2.10. The summed E-state index contributed by atoms with van der Waals surface area (Å²) in [4.78, 5) is 36.2. The molecular weight excluding hydrogens is 446 g/mol. The number of benzene rings is 3. The van der Waals surface area contributed by atoms with Gasteiger partial charge in [-0.25, -0.2) is 10.2 Å². The first-order chi connectivity index (χ1) is 15.9. The lowest BCUT2D eigenvalue weighted by Crippen LogP contribution is -2.34. The van der Waals surface area contributed by atoms with Gasteiger partial charge in [0.1, 0.15) is 11.5 Å². The van der Waals surface area contributed by atoms with E-state index in [2.05, 4.69) is 15.8 Å². The van der Waals surface area contributed by atoms with Crippen LogP contribution in [-0.4, -0.2) is 37.7 Å². The molecule has 0 aromatic heterocycles. The summed E-state index contributed by atoms with van der Waals surface area (Å²) < 4.78 is 10.4. The molecule has 0 aliphatic carbocycles. The smallest absolute Gasteiger partial charge is 0.343 e. The molecule has 168 valence electrons. The van der Waals surface area contributed by atoms with E-state index in [4.69, 9.17) is 21.1 Å². The number of halogens is 1. The molecule has 8 nitrogen and oxygen atoms in total. The number of amides is 2. The number of methoxy groups -OCH3 is 1. The lowest BCUT2D eigenvalue weighted by molar-refractivity contribution is -0.120. The van der Waals surface area contributed by atoms with Gasteiger partial charge in [-0.2, -0.15) is 5.10 Å². The highest BCUT2D eigenvalue weighted by atomic mass is 35.5. The average molecular weight is 466 g/mol. The summed E-state index contributed by atoms with van der Waals surface area (Å²) in [6.07, 6.45) is 1.39. The Hall–Kier alpha value is -4.17. The van der Waals surface area contributed by atoms with Gasteiger partial charge in [-0.05, 0) is 60.2 Å². The van der Waals surface area contributed by atoms with Gasteiger partial charge in [0.25, 0.3) is 11.8 Å². The molecule has 0 bridgehead atoms. The third-order valence-corrected chi connectivity index (χ3v) is 4.53. The van der Waals surface area contributed by atoms with Gasteiger partial charge < -0.3 is 14.8 Å². The average Bonchev–Trinajstić information content (AvgIpc) is 2.83. The summed E-state index contributed by atoms with van der Waals surface area (Å²) in [7, 11) is 1.54. The van der Waals surface area contributed by atoms with Crippen molar-refractivity contribution in [2.45, 2.75) is 0 Å². The summed E-state index contributed by atoms with van der Waals surface area (Å²) in [5.74, 6) is -0.502. The molecule has 3 aromatic rings. The number of hydrazone groups is 1. The van der Waals surface area contributed by atoms with Gasteiger partial charge in [-0.15, -0.1) is 0 Å². The molecule has 9 heteroatoms. The molecule has 0 aliphatic rings. The summed E-state index contributed by atoms with van der Waals surface area (Å²) in [5, 5.41) is 6.76. The zero-order chi connectivity index (χ0) is 23.6. The highest BCUT2D eigenvalue weighted by Crippen LogP contribution is 2.16. The second-order valence-electron chi connectivity index (χ2n) is 6.68. The van der Waals surface area contributed by atoms with Crippen LogP contribution >= 0.6 is 11.6 Å². The summed E-state index contributed by atoms with van der Waals surface area (Å²) >= 11 is 5.85. The first-order valence-corrected chi connectivity index (χ1v) is 10.1. The fourth-order valence-corrected chi connectivity index (χ4v) is 2.85. The number of rotatable bonds is 8. The fraction of sp³-hybridized carbons (Fsp3) is 0.0833. The predicted molar refractivity (Wildman–Crippen MR) is 124 cm³/mol. The van der Waals surface area contributed by atoms with Crippen LogP contribution in [0.2, 0.25) is 5.02 Å². The van der Waals surface area contributed by atoms with E-state index in [0.29, 0.717) is 33.2 Å². The van der Waals surface area contributed by atoms with Gasteiger partial charge in [-0.1, -0.05) is 29.8 Å². The molecule has 3 rings (SSSR count). The van der Waals surface area contributed by atoms with Crippen molar-refractivity contribution in [3.8, 4) is 11.5 Å². The molecule has 0 heterocycles. The minimum absolute atomic E-state index is 0.262. The van der Waals surface area contributed by atoms with E-state index in [9.17, 15) is 14.4 Å². The van der Waals surface area contributed by atoms with Gasteiger partial charge in [-0.3, -0.25) is 9.59 Å². The number of carbonyl (C=O) groups excluding carboxylic acids is 3. The van der Waals surface area contributed by atoms with Gasteiger partial charge in [0.2, 0.25) is 0 Å². The Morgan fingerprint density at radius 1 is 0.939 bits per heavy atom. The molecule has 0 aliphatic heterocycles. The zero-order valence-electron chi connectivity index (χ0n) is 17.6. The van der Waals surface area contributed by atoms with Crippen LogP contribution in [0, 0.1) is 0 Å². The molecule has 2 N–H and O–H groups in total. The Balaban J connectivity index is 1.49. The van der Waals surface area contributed by atoms with E-state index in [1.54, 1.807) is 73.8 Å². The number of hydrogen-bond acceptors (Lipinski definition) is 6. The Morgan fingerprint density at radius 3 is 2.42 bits per heavy atom. The molecular formula is C24H20ClN3O5. The zero-order valence-corrected chi connectivity index (χ0v) is 18.3. The van der Waals surface area contributed by atoms with Gasteiger partial charge >= 0.3 is 5.97 Å². The number of ether oxygens (including phenoxy) is 2. The first-order valence-electron chi connectivity index (χ1n) is 9.76. The monoisotopic (exact) mass is 465 g/mol. The number of nitrogens with zero attached hydrogens (tertiary/aromatic N) is 1. The van der Waals surface area contributed by atoms with E-state index in [-0.39, 0.29) is 6.54 Å². The number of nitrogens with one attached hydrogen (secondary N) is 2. The number of esters is 1. The molecule has 0 saturated carbocycles. The lowest BCUT2D eigenvalue weighted by atomic mass is 10.2. The normalized spacial score (nSPS) is 10.5. The van der Waals surface area contributed by atoms with Crippen LogP contribution in [0.5, 0.6) is 11.5 Å². The molecule has 3 aromatic carbocycles. The number of carbonyl (C=O) groups is 3. The van der Waals surface area contributed by atoms with E-state index < -0.39 is 17.8 Å². The van der Waals surface area contributed by atoms with Crippen molar-refractivity contribution < 1.29 is 23.9 Å². The Labute approximate surface area is 195 Å². The maximum absolute atomic E-state index is 12.3. The Bertz CT molecular complexity index is 1180. The van der Waals surface area contributed by atoms with Crippen LogP contribution in [0.25, 0.3) is 0 Å². The topological polar surface area (TPSA) is 106 Å². The van der Waals surface area contributed by atoms with Gasteiger partial charge in [0.05, 0.1) is 25.4 Å². The molecule has 33 heavy (non-hydrogen) atoms. The minimum atomic E-state index is -0.518. The standard InChI is InChI=1S/C24H20ClN3O5/c1-32-20-10-8-17(9-11-20)24(31)33-21-7-2-4-16(12-21)14-27-28-22(29)15-26-23(30)18-5-3-6-19(25)13-18/h2-14H,15H2,1H3,(H,26,30)(H,28,29)/b27-14+.